The van der Waals surface area contributed by atoms with Gasteiger partial charge in [0.25, 0.3) is 0 Å². The van der Waals surface area contributed by atoms with E-state index in [1.54, 1.807) is 0 Å². The van der Waals surface area contributed by atoms with Crippen LogP contribution in [0.5, 0.6) is 0 Å². The Balaban J connectivity index is 1.93. The van der Waals surface area contributed by atoms with Gasteiger partial charge in [-0.1, -0.05) is 0 Å². The third-order valence-corrected chi connectivity index (χ3v) is 4.94. The van der Waals surface area contributed by atoms with Crippen molar-refractivity contribution in [1.82, 2.24) is 0 Å². The van der Waals surface area contributed by atoms with E-state index < -0.39 is 24.6 Å². The standard InChI is InChI=1S/2C8H5.Hg/c2*1-2-8-6-4-3-5-7-8;/h2*3-7H;. The van der Waals surface area contributed by atoms with Crippen molar-refractivity contribution in [2.24, 2.45) is 0 Å². The van der Waals surface area contributed by atoms with Crippen molar-refractivity contribution >= 4 is 0 Å². The minimum absolute atomic E-state index is 1.09. The summed E-state index contributed by atoms with van der Waals surface area (Å²) < 4.78 is 6.54. The Bertz CT molecular complexity index is 522. The predicted molar refractivity (Wildman–Crippen MR) is 66.6 cm³/mol. The molecule has 0 spiro atoms. The Morgan fingerprint density at radius 2 is 1.00 bits per heavy atom. The molecular formula is C16H10Hg. The average molecular weight is 403 g/mol. The van der Waals surface area contributed by atoms with Crippen molar-refractivity contribution in [3.63, 3.8) is 0 Å². The van der Waals surface area contributed by atoms with Crippen LogP contribution in [0.1, 0.15) is 11.1 Å². The van der Waals surface area contributed by atoms with Crippen LogP contribution in [0, 0.1) is 18.7 Å². The van der Waals surface area contributed by atoms with Gasteiger partial charge < -0.3 is 0 Å². The van der Waals surface area contributed by atoms with Gasteiger partial charge in [-0.3, -0.25) is 0 Å². The van der Waals surface area contributed by atoms with E-state index in [9.17, 15) is 0 Å². The molecule has 0 nitrogen and oxygen atoms in total. The molecule has 0 bridgehead atoms. The van der Waals surface area contributed by atoms with E-state index in [2.05, 4.69) is 18.7 Å². The zero-order chi connectivity index (χ0) is 11.8. The van der Waals surface area contributed by atoms with Crippen molar-refractivity contribution < 1.29 is 24.6 Å². The number of benzene rings is 2. The fourth-order valence-corrected chi connectivity index (χ4v) is 4.00. The van der Waals surface area contributed by atoms with Crippen molar-refractivity contribution in [3.05, 3.63) is 71.8 Å². The Morgan fingerprint density at radius 3 is 1.41 bits per heavy atom. The molecule has 76 valence electrons. The van der Waals surface area contributed by atoms with Crippen LogP contribution in [0.2, 0.25) is 0 Å². The van der Waals surface area contributed by atoms with Crippen molar-refractivity contribution in [2.45, 2.75) is 0 Å². The molecule has 0 aliphatic heterocycles. The molecule has 2 rings (SSSR count). The summed E-state index contributed by atoms with van der Waals surface area (Å²) in [6.45, 7) is 0. The maximum absolute atomic E-state index is 3.27. The fraction of sp³-hybridized carbons (Fsp3) is 0. The molecule has 0 aromatic heterocycles. The van der Waals surface area contributed by atoms with E-state index in [0.717, 1.165) is 11.1 Å². The molecule has 0 saturated carbocycles. The van der Waals surface area contributed by atoms with E-state index in [-0.39, 0.29) is 0 Å². The first kappa shape index (κ1) is 12.0. The van der Waals surface area contributed by atoms with Gasteiger partial charge in [0.05, 0.1) is 0 Å². The normalized spacial score (nSPS) is 8.00. The maximum atomic E-state index is 3.27. The summed E-state index contributed by atoms with van der Waals surface area (Å²) in [5, 5.41) is 0. The number of hydrogen-bond acceptors (Lipinski definition) is 0. The molecule has 1 heteroatoms. The van der Waals surface area contributed by atoms with Gasteiger partial charge in [-0.15, -0.1) is 0 Å². The molecular weight excluding hydrogens is 393 g/mol. The van der Waals surface area contributed by atoms with Gasteiger partial charge in [-0.25, -0.2) is 0 Å². The summed E-state index contributed by atoms with van der Waals surface area (Å²) in [7, 11) is 0. The van der Waals surface area contributed by atoms with Crippen LogP contribution in [-0.4, -0.2) is 0 Å². The summed E-state index contributed by atoms with van der Waals surface area (Å²) in [4.78, 5) is 0. The molecule has 0 radical (unpaired) electrons. The summed E-state index contributed by atoms with van der Waals surface area (Å²) in [5.41, 5.74) is 2.18. The molecule has 0 heterocycles. The Hall–Kier alpha value is -1.50. The number of hydrogen-bond donors (Lipinski definition) is 0. The van der Waals surface area contributed by atoms with Gasteiger partial charge in [-0.2, -0.15) is 0 Å². The summed E-state index contributed by atoms with van der Waals surface area (Å²) in [5.74, 6) is 6.35. The van der Waals surface area contributed by atoms with Crippen LogP contribution >= 0.6 is 0 Å². The molecule has 0 saturated heterocycles. The van der Waals surface area contributed by atoms with E-state index >= 15 is 0 Å². The van der Waals surface area contributed by atoms with Crippen molar-refractivity contribution in [1.29, 1.82) is 0 Å². The van der Waals surface area contributed by atoms with Crippen LogP contribution in [-0.2, 0) is 24.6 Å². The Kier molecular flexibility index (Phi) is 4.89. The van der Waals surface area contributed by atoms with Crippen molar-refractivity contribution in [2.75, 3.05) is 0 Å². The van der Waals surface area contributed by atoms with Gasteiger partial charge in [-0.05, 0) is 0 Å². The van der Waals surface area contributed by atoms with E-state index in [1.165, 1.54) is 0 Å². The molecule has 2 aromatic carbocycles. The van der Waals surface area contributed by atoms with Crippen LogP contribution in [0.3, 0.4) is 0 Å². The quantitative estimate of drug-likeness (QED) is 0.469. The first-order valence-electron chi connectivity index (χ1n) is 5.53. The minimum atomic E-state index is -1.32. The second-order valence-corrected chi connectivity index (χ2v) is 7.64. The molecule has 0 unspecified atom stereocenters. The average Bonchev–Trinajstić information content (AvgIpc) is 2.41. The zero-order valence-electron chi connectivity index (χ0n) is 9.48. The molecule has 0 atom stereocenters. The number of rotatable bonds is 0. The van der Waals surface area contributed by atoms with Gasteiger partial charge in [0.2, 0.25) is 0 Å². The van der Waals surface area contributed by atoms with Crippen molar-refractivity contribution in [3.8, 4) is 18.7 Å². The molecule has 0 aliphatic rings. The monoisotopic (exact) mass is 404 g/mol. The molecule has 2 aromatic rings. The van der Waals surface area contributed by atoms with E-state index in [1.807, 2.05) is 60.7 Å². The van der Waals surface area contributed by atoms with Crippen LogP contribution in [0.4, 0.5) is 0 Å². The summed E-state index contributed by atoms with van der Waals surface area (Å²) >= 11 is -1.32. The zero-order valence-corrected chi connectivity index (χ0v) is 15.0. The molecule has 0 N–H and O–H groups in total. The van der Waals surface area contributed by atoms with E-state index in [4.69, 9.17) is 0 Å². The Labute approximate surface area is 115 Å². The second-order valence-electron chi connectivity index (χ2n) is 3.51. The Morgan fingerprint density at radius 1 is 0.588 bits per heavy atom. The van der Waals surface area contributed by atoms with Gasteiger partial charge >= 0.3 is 115 Å². The topological polar surface area (TPSA) is 0 Å². The molecule has 0 amide bonds. The second kappa shape index (κ2) is 6.95. The first-order chi connectivity index (χ1) is 8.45. The van der Waals surface area contributed by atoms with E-state index in [0.29, 0.717) is 0 Å². The third kappa shape index (κ3) is 4.47. The van der Waals surface area contributed by atoms with Gasteiger partial charge in [0.15, 0.2) is 0 Å². The fourth-order valence-electron chi connectivity index (χ4n) is 1.38. The van der Waals surface area contributed by atoms with Crippen LogP contribution in [0.25, 0.3) is 0 Å². The summed E-state index contributed by atoms with van der Waals surface area (Å²) in [6.07, 6.45) is 0. The van der Waals surface area contributed by atoms with Gasteiger partial charge in [0, 0.05) is 0 Å². The SMILES string of the molecule is [C](#Cc1ccccc1)[Hg][C]#Cc1ccccc1. The first-order valence-corrected chi connectivity index (χ1v) is 11.0. The molecule has 0 fully saturated rings. The third-order valence-electron chi connectivity index (χ3n) is 2.19. The van der Waals surface area contributed by atoms with Crippen LogP contribution in [0.15, 0.2) is 60.7 Å². The van der Waals surface area contributed by atoms with Crippen LogP contribution < -0.4 is 0 Å². The summed E-state index contributed by atoms with van der Waals surface area (Å²) in [6, 6.07) is 20.2. The molecule has 0 aliphatic carbocycles. The predicted octanol–water partition coefficient (Wildman–Crippen LogP) is 3.09. The molecule has 17 heavy (non-hydrogen) atoms. The van der Waals surface area contributed by atoms with Gasteiger partial charge in [0.1, 0.15) is 0 Å².